The van der Waals surface area contributed by atoms with Crippen molar-refractivity contribution in [2.24, 2.45) is 5.10 Å². The van der Waals surface area contributed by atoms with E-state index in [4.69, 9.17) is 16.3 Å². The van der Waals surface area contributed by atoms with Crippen molar-refractivity contribution >= 4 is 23.2 Å². The molecule has 0 saturated heterocycles. The molecule has 2 aromatic carbocycles. The largest absolute Gasteiger partial charge is 0.484 e. The van der Waals surface area contributed by atoms with Gasteiger partial charge in [0, 0.05) is 5.02 Å². The minimum atomic E-state index is -0.314. The number of nitrogens with zero attached hydrogens (tertiary/aromatic N) is 1. The van der Waals surface area contributed by atoms with Crippen molar-refractivity contribution in [1.82, 2.24) is 5.43 Å². The number of carbonyl (C=O) groups is 1. The van der Waals surface area contributed by atoms with Gasteiger partial charge in [-0.2, -0.15) is 5.10 Å². The first-order valence-corrected chi connectivity index (χ1v) is 8.57. The van der Waals surface area contributed by atoms with Crippen LogP contribution in [0, 0.1) is 6.92 Å². The maximum atomic E-state index is 11.9. The Morgan fingerprint density at radius 3 is 2.48 bits per heavy atom. The molecular weight excluding hydrogens is 336 g/mol. The molecule has 0 radical (unpaired) electrons. The Morgan fingerprint density at radius 1 is 1.20 bits per heavy atom. The van der Waals surface area contributed by atoms with Gasteiger partial charge in [-0.05, 0) is 54.7 Å². The highest BCUT2D eigenvalue weighted by atomic mass is 35.5. The SMILES string of the molecule is C/C(=N\NC(=O)COc1ccc(Cl)c(C)c1)c1ccc(C(C)C)cc1. The van der Waals surface area contributed by atoms with Gasteiger partial charge in [0.2, 0.25) is 0 Å². The first-order chi connectivity index (χ1) is 11.9. The number of halogens is 1. The average molecular weight is 359 g/mol. The highest BCUT2D eigenvalue weighted by molar-refractivity contribution is 6.31. The molecule has 0 unspecified atom stereocenters. The summed E-state index contributed by atoms with van der Waals surface area (Å²) < 4.78 is 5.44. The molecule has 0 aliphatic rings. The Hall–Kier alpha value is -2.33. The fourth-order valence-corrected chi connectivity index (χ4v) is 2.33. The van der Waals surface area contributed by atoms with Crippen molar-refractivity contribution in [3.63, 3.8) is 0 Å². The van der Waals surface area contributed by atoms with Gasteiger partial charge in [0.1, 0.15) is 5.75 Å². The van der Waals surface area contributed by atoms with Crippen molar-refractivity contribution < 1.29 is 9.53 Å². The predicted molar refractivity (Wildman–Crippen MR) is 103 cm³/mol. The third kappa shape index (κ3) is 5.61. The number of hydrogen-bond donors (Lipinski definition) is 1. The molecule has 25 heavy (non-hydrogen) atoms. The molecule has 4 nitrogen and oxygen atoms in total. The van der Waals surface area contributed by atoms with Crippen LogP contribution in [-0.4, -0.2) is 18.2 Å². The van der Waals surface area contributed by atoms with E-state index in [1.807, 2.05) is 26.0 Å². The molecule has 2 aromatic rings. The molecule has 0 aromatic heterocycles. The standard InChI is InChI=1S/C20H23ClN2O2/c1-13(2)16-5-7-17(8-6-16)15(4)22-23-20(24)12-25-18-9-10-19(21)14(3)11-18/h5-11,13H,12H2,1-4H3,(H,23,24)/b22-15+. The smallest absolute Gasteiger partial charge is 0.277 e. The summed E-state index contributed by atoms with van der Waals surface area (Å²) in [6.45, 7) is 7.93. The summed E-state index contributed by atoms with van der Waals surface area (Å²) in [4.78, 5) is 11.9. The van der Waals surface area contributed by atoms with Crippen LogP contribution in [0.4, 0.5) is 0 Å². The van der Waals surface area contributed by atoms with E-state index in [1.165, 1.54) is 5.56 Å². The van der Waals surface area contributed by atoms with Crippen LogP contribution in [0.25, 0.3) is 0 Å². The molecule has 132 valence electrons. The van der Waals surface area contributed by atoms with Gasteiger partial charge in [0.05, 0.1) is 5.71 Å². The third-order valence-corrected chi connectivity index (χ3v) is 4.27. The molecule has 0 aliphatic heterocycles. The lowest BCUT2D eigenvalue weighted by Crippen LogP contribution is -2.25. The lowest BCUT2D eigenvalue weighted by molar-refractivity contribution is -0.123. The zero-order valence-electron chi connectivity index (χ0n) is 15.0. The second-order valence-corrected chi connectivity index (χ2v) is 6.62. The van der Waals surface area contributed by atoms with Crippen LogP contribution >= 0.6 is 11.6 Å². The van der Waals surface area contributed by atoms with E-state index in [0.29, 0.717) is 16.7 Å². The topological polar surface area (TPSA) is 50.7 Å². The fourth-order valence-electron chi connectivity index (χ4n) is 2.21. The Bertz CT molecular complexity index is 768. The first-order valence-electron chi connectivity index (χ1n) is 8.19. The normalized spacial score (nSPS) is 11.5. The Labute approximate surface area is 153 Å². The molecule has 0 spiro atoms. The van der Waals surface area contributed by atoms with Gasteiger partial charge >= 0.3 is 0 Å². The molecule has 0 heterocycles. The van der Waals surface area contributed by atoms with E-state index in [-0.39, 0.29) is 12.5 Å². The zero-order chi connectivity index (χ0) is 18.4. The number of amides is 1. The van der Waals surface area contributed by atoms with E-state index in [1.54, 1.807) is 18.2 Å². The van der Waals surface area contributed by atoms with Gasteiger partial charge in [-0.3, -0.25) is 4.79 Å². The molecule has 0 fully saturated rings. The summed E-state index contributed by atoms with van der Waals surface area (Å²) in [6, 6.07) is 13.4. The number of benzene rings is 2. The molecule has 0 atom stereocenters. The number of carbonyl (C=O) groups excluding carboxylic acids is 1. The molecule has 0 aliphatic carbocycles. The van der Waals surface area contributed by atoms with Crippen LogP contribution in [0.2, 0.25) is 5.02 Å². The Kier molecular flexibility index (Phi) is 6.59. The van der Waals surface area contributed by atoms with E-state index in [0.717, 1.165) is 16.8 Å². The molecule has 1 N–H and O–H groups in total. The number of hydrazone groups is 1. The van der Waals surface area contributed by atoms with E-state index < -0.39 is 0 Å². The van der Waals surface area contributed by atoms with Crippen molar-refractivity contribution in [3.05, 3.63) is 64.2 Å². The van der Waals surface area contributed by atoms with Gasteiger partial charge < -0.3 is 4.74 Å². The monoisotopic (exact) mass is 358 g/mol. The summed E-state index contributed by atoms with van der Waals surface area (Å²) >= 11 is 5.96. The maximum absolute atomic E-state index is 11.9. The maximum Gasteiger partial charge on any atom is 0.277 e. The molecule has 1 amide bonds. The highest BCUT2D eigenvalue weighted by Gasteiger charge is 2.05. The third-order valence-electron chi connectivity index (χ3n) is 3.84. The van der Waals surface area contributed by atoms with Gasteiger partial charge in [-0.15, -0.1) is 0 Å². The van der Waals surface area contributed by atoms with Gasteiger partial charge in [-0.25, -0.2) is 5.43 Å². The second-order valence-electron chi connectivity index (χ2n) is 6.21. The van der Waals surface area contributed by atoms with E-state index >= 15 is 0 Å². The van der Waals surface area contributed by atoms with Gasteiger partial charge in [0.15, 0.2) is 6.61 Å². The zero-order valence-corrected chi connectivity index (χ0v) is 15.7. The molecule has 0 saturated carbocycles. The predicted octanol–water partition coefficient (Wildman–Crippen LogP) is 4.69. The number of aryl methyl sites for hydroxylation is 1. The van der Waals surface area contributed by atoms with Crippen LogP contribution < -0.4 is 10.2 Å². The van der Waals surface area contributed by atoms with Crippen LogP contribution in [-0.2, 0) is 4.79 Å². The van der Waals surface area contributed by atoms with Gasteiger partial charge in [-0.1, -0.05) is 49.7 Å². The summed E-state index contributed by atoms with van der Waals surface area (Å²) in [5.41, 5.74) is 6.40. The fraction of sp³-hybridized carbons (Fsp3) is 0.300. The molecule has 0 bridgehead atoms. The minimum absolute atomic E-state index is 0.107. The molecule has 2 rings (SSSR count). The summed E-state index contributed by atoms with van der Waals surface area (Å²) in [6.07, 6.45) is 0. The summed E-state index contributed by atoms with van der Waals surface area (Å²) in [7, 11) is 0. The Balaban J connectivity index is 1.89. The van der Waals surface area contributed by atoms with Crippen molar-refractivity contribution in [2.45, 2.75) is 33.6 Å². The lowest BCUT2D eigenvalue weighted by Gasteiger charge is -2.08. The van der Waals surface area contributed by atoms with Gasteiger partial charge in [0.25, 0.3) is 5.91 Å². The first kappa shape index (κ1) is 19.0. The second kappa shape index (κ2) is 8.67. The molecule has 5 heteroatoms. The van der Waals surface area contributed by atoms with Crippen LogP contribution in [0.1, 0.15) is 43.4 Å². The number of nitrogens with one attached hydrogen (secondary N) is 1. The number of ether oxygens (including phenoxy) is 1. The van der Waals surface area contributed by atoms with Crippen LogP contribution in [0.15, 0.2) is 47.6 Å². The minimum Gasteiger partial charge on any atom is -0.484 e. The number of rotatable bonds is 6. The summed E-state index contributed by atoms with van der Waals surface area (Å²) in [5, 5.41) is 4.80. The highest BCUT2D eigenvalue weighted by Crippen LogP contribution is 2.20. The van der Waals surface area contributed by atoms with Crippen LogP contribution in [0.5, 0.6) is 5.75 Å². The van der Waals surface area contributed by atoms with Crippen LogP contribution in [0.3, 0.4) is 0 Å². The van der Waals surface area contributed by atoms with Crippen molar-refractivity contribution in [2.75, 3.05) is 6.61 Å². The van der Waals surface area contributed by atoms with E-state index in [2.05, 4.69) is 36.5 Å². The average Bonchev–Trinajstić information content (AvgIpc) is 2.60. The molecular formula is C20H23ClN2O2. The van der Waals surface area contributed by atoms with Crippen molar-refractivity contribution in [3.8, 4) is 5.75 Å². The lowest BCUT2D eigenvalue weighted by atomic mass is 10.0. The number of hydrogen-bond acceptors (Lipinski definition) is 3. The Morgan fingerprint density at radius 2 is 1.88 bits per heavy atom. The quantitative estimate of drug-likeness (QED) is 0.601. The van der Waals surface area contributed by atoms with E-state index in [9.17, 15) is 4.79 Å². The van der Waals surface area contributed by atoms with Crippen molar-refractivity contribution in [1.29, 1.82) is 0 Å². The summed E-state index contributed by atoms with van der Waals surface area (Å²) in [5.74, 6) is 0.771.